The first-order valence-electron chi connectivity index (χ1n) is 5.06. The predicted octanol–water partition coefficient (Wildman–Crippen LogP) is 3.52. The summed E-state index contributed by atoms with van der Waals surface area (Å²) in [7, 11) is 0. The van der Waals surface area contributed by atoms with Crippen LogP contribution in [0.25, 0.3) is 0 Å². The van der Waals surface area contributed by atoms with Crippen LogP contribution in [-0.4, -0.2) is 5.90 Å². The summed E-state index contributed by atoms with van der Waals surface area (Å²) in [5, 5.41) is 0.677. The maximum Gasteiger partial charge on any atom is 0.244 e. The molecule has 4 heteroatoms. The van der Waals surface area contributed by atoms with Crippen molar-refractivity contribution in [3.05, 3.63) is 33.1 Å². The number of hydrogen-bond donors (Lipinski definition) is 0. The summed E-state index contributed by atoms with van der Waals surface area (Å²) in [6, 6.07) is 2.23. The van der Waals surface area contributed by atoms with Crippen LogP contribution in [0, 0.1) is 0 Å². The average Bonchev–Trinajstić information content (AvgIpc) is 2.82. The SMILES string of the molecule is C=C1OC(c2cc3c(s2)CCCC3)=NS1. The molecule has 1 aliphatic heterocycles. The second-order valence-corrected chi connectivity index (χ2v) is 5.69. The Balaban J connectivity index is 1.93. The number of ether oxygens (including phenoxy) is 1. The Bertz CT molecular complexity index is 424. The van der Waals surface area contributed by atoms with E-state index in [0.29, 0.717) is 5.09 Å². The summed E-state index contributed by atoms with van der Waals surface area (Å²) in [5.74, 6) is 0.740. The van der Waals surface area contributed by atoms with E-state index in [1.54, 1.807) is 0 Å². The van der Waals surface area contributed by atoms with E-state index in [1.807, 2.05) is 11.3 Å². The molecule has 0 radical (unpaired) electrons. The van der Waals surface area contributed by atoms with Crippen LogP contribution in [0.4, 0.5) is 0 Å². The Morgan fingerprint density at radius 3 is 2.93 bits per heavy atom. The van der Waals surface area contributed by atoms with Crippen LogP contribution in [0.1, 0.15) is 28.2 Å². The first-order valence-corrected chi connectivity index (χ1v) is 6.65. The monoisotopic (exact) mass is 237 g/mol. The molecule has 1 aromatic rings. The van der Waals surface area contributed by atoms with Crippen molar-refractivity contribution in [2.45, 2.75) is 25.7 Å². The Labute approximate surface area is 97.2 Å². The van der Waals surface area contributed by atoms with Gasteiger partial charge in [-0.3, -0.25) is 0 Å². The molecular weight excluding hydrogens is 226 g/mol. The van der Waals surface area contributed by atoms with Crippen LogP contribution in [0.3, 0.4) is 0 Å². The molecule has 0 bridgehead atoms. The van der Waals surface area contributed by atoms with Crippen LogP contribution >= 0.6 is 23.3 Å². The van der Waals surface area contributed by atoms with Gasteiger partial charge in [0.25, 0.3) is 0 Å². The topological polar surface area (TPSA) is 21.6 Å². The molecule has 0 atom stereocenters. The van der Waals surface area contributed by atoms with Crippen molar-refractivity contribution in [2.24, 2.45) is 4.40 Å². The fourth-order valence-electron chi connectivity index (χ4n) is 1.93. The van der Waals surface area contributed by atoms with E-state index in [0.717, 1.165) is 10.8 Å². The molecule has 1 aromatic heterocycles. The van der Waals surface area contributed by atoms with Crippen LogP contribution < -0.4 is 0 Å². The van der Waals surface area contributed by atoms with Crippen molar-refractivity contribution in [2.75, 3.05) is 0 Å². The van der Waals surface area contributed by atoms with Crippen LogP contribution in [0.2, 0.25) is 0 Å². The molecule has 15 heavy (non-hydrogen) atoms. The minimum absolute atomic E-state index is 0.677. The van der Waals surface area contributed by atoms with Crippen molar-refractivity contribution in [1.29, 1.82) is 0 Å². The molecule has 0 N–H and O–H groups in total. The molecule has 2 aliphatic rings. The summed E-state index contributed by atoms with van der Waals surface area (Å²) in [6.45, 7) is 3.74. The Morgan fingerprint density at radius 2 is 2.20 bits per heavy atom. The van der Waals surface area contributed by atoms with Gasteiger partial charge in [0.2, 0.25) is 5.90 Å². The van der Waals surface area contributed by atoms with E-state index in [9.17, 15) is 0 Å². The highest BCUT2D eigenvalue weighted by Crippen LogP contribution is 2.34. The lowest BCUT2D eigenvalue weighted by Gasteiger charge is -2.08. The van der Waals surface area contributed by atoms with E-state index in [-0.39, 0.29) is 0 Å². The van der Waals surface area contributed by atoms with Crippen LogP contribution in [0.5, 0.6) is 0 Å². The lowest BCUT2D eigenvalue weighted by Crippen LogP contribution is -1.97. The van der Waals surface area contributed by atoms with Crippen molar-refractivity contribution < 1.29 is 4.74 Å². The number of fused-ring (bicyclic) bond motifs is 1. The highest BCUT2D eigenvalue weighted by molar-refractivity contribution is 8.02. The molecule has 0 saturated carbocycles. The predicted molar refractivity (Wildman–Crippen MR) is 65.3 cm³/mol. The molecule has 2 nitrogen and oxygen atoms in total. The fourth-order valence-corrected chi connectivity index (χ4v) is 3.60. The Kier molecular flexibility index (Phi) is 2.33. The van der Waals surface area contributed by atoms with Gasteiger partial charge in [-0.05, 0) is 43.9 Å². The third-order valence-corrected chi connectivity index (χ3v) is 4.42. The molecule has 0 amide bonds. The minimum atomic E-state index is 0.677. The number of aryl methyl sites for hydroxylation is 2. The zero-order valence-corrected chi connectivity index (χ0v) is 9.92. The maximum atomic E-state index is 5.45. The molecule has 0 spiro atoms. The number of rotatable bonds is 1. The normalized spacial score (nSPS) is 19.7. The van der Waals surface area contributed by atoms with Gasteiger partial charge in [0.05, 0.1) is 16.8 Å². The van der Waals surface area contributed by atoms with E-state index in [4.69, 9.17) is 4.74 Å². The zero-order chi connectivity index (χ0) is 10.3. The second-order valence-electron chi connectivity index (χ2n) is 3.73. The van der Waals surface area contributed by atoms with E-state index in [2.05, 4.69) is 17.0 Å². The lowest BCUT2D eigenvalue weighted by atomic mass is 9.99. The van der Waals surface area contributed by atoms with E-state index >= 15 is 0 Å². The van der Waals surface area contributed by atoms with Gasteiger partial charge in [-0.2, -0.15) is 4.40 Å². The van der Waals surface area contributed by atoms with Gasteiger partial charge in [-0.25, -0.2) is 0 Å². The average molecular weight is 237 g/mol. The van der Waals surface area contributed by atoms with Gasteiger partial charge in [-0.1, -0.05) is 0 Å². The standard InChI is InChI=1S/C11H11NOS2/c1-7-13-11(12-15-7)10-6-8-4-2-3-5-9(8)14-10/h6H,1-5H2. The van der Waals surface area contributed by atoms with Gasteiger partial charge >= 0.3 is 0 Å². The second kappa shape index (κ2) is 3.68. The molecule has 0 saturated heterocycles. The largest absolute Gasteiger partial charge is 0.429 e. The van der Waals surface area contributed by atoms with Gasteiger partial charge in [-0.15, -0.1) is 11.3 Å². The summed E-state index contributed by atoms with van der Waals surface area (Å²) in [5.41, 5.74) is 1.50. The number of thiophene rings is 1. The Hall–Kier alpha value is -0.740. The number of hydrogen-bond acceptors (Lipinski definition) is 4. The summed E-state index contributed by atoms with van der Waals surface area (Å²) < 4.78 is 9.71. The highest BCUT2D eigenvalue weighted by Gasteiger charge is 2.20. The van der Waals surface area contributed by atoms with Gasteiger partial charge < -0.3 is 4.74 Å². The molecule has 0 aromatic carbocycles. The van der Waals surface area contributed by atoms with Crippen LogP contribution in [0.15, 0.2) is 22.1 Å². The molecular formula is C11H11NOS2. The van der Waals surface area contributed by atoms with Crippen molar-refractivity contribution in [3.8, 4) is 0 Å². The first-order chi connectivity index (χ1) is 7.33. The maximum absolute atomic E-state index is 5.45. The third kappa shape index (κ3) is 1.72. The highest BCUT2D eigenvalue weighted by atomic mass is 32.2. The smallest absolute Gasteiger partial charge is 0.244 e. The van der Waals surface area contributed by atoms with E-state index < -0.39 is 0 Å². The van der Waals surface area contributed by atoms with Crippen LogP contribution in [-0.2, 0) is 17.6 Å². The molecule has 2 heterocycles. The molecule has 1 aliphatic carbocycles. The van der Waals surface area contributed by atoms with Crippen molar-refractivity contribution in [1.82, 2.24) is 0 Å². The molecule has 0 unspecified atom stereocenters. The molecule has 3 rings (SSSR count). The fraction of sp³-hybridized carbons (Fsp3) is 0.364. The lowest BCUT2D eigenvalue weighted by molar-refractivity contribution is 0.472. The number of nitrogens with zero attached hydrogens (tertiary/aromatic N) is 1. The van der Waals surface area contributed by atoms with Gasteiger partial charge in [0.1, 0.15) is 0 Å². The minimum Gasteiger partial charge on any atom is -0.429 e. The van der Waals surface area contributed by atoms with Crippen molar-refractivity contribution >= 4 is 29.2 Å². The zero-order valence-electron chi connectivity index (χ0n) is 8.28. The van der Waals surface area contributed by atoms with Gasteiger partial charge in [0, 0.05) is 4.88 Å². The summed E-state index contributed by atoms with van der Waals surface area (Å²) in [4.78, 5) is 2.68. The van der Waals surface area contributed by atoms with E-state index in [1.165, 1.54) is 48.1 Å². The first kappa shape index (κ1) is 9.48. The summed E-state index contributed by atoms with van der Waals surface area (Å²) in [6.07, 6.45) is 5.08. The van der Waals surface area contributed by atoms with Crippen molar-refractivity contribution in [3.63, 3.8) is 0 Å². The third-order valence-electron chi connectivity index (χ3n) is 2.65. The quantitative estimate of drug-likeness (QED) is 0.697. The summed E-state index contributed by atoms with van der Waals surface area (Å²) >= 11 is 3.15. The molecule has 0 fully saturated rings. The Morgan fingerprint density at radius 1 is 1.33 bits per heavy atom. The van der Waals surface area contributed by atoms with Gasteiger partial charge in [0.15, 0.2) is 5.09 Å². The molecule has 78 valence electrons.